The zero-order valence-electron chi connectivity index (χ0n) is 18.8. The molecule has 0 bridgehead atoms. The topological polar surface area (TPSA) is 85.4 Å². The molecule has 0 saturated carbocycles. The summed E-state index contributed by atoms with van der Waals surface area (Å²) in [6.45, 7) is 6.30. The first-order valence-corrected chi connectivity index (χ1v) is 10.5. The Kier molecular flexibility index (Phi) is 10.2. The molecule has 0 spiro atoms. The summed E-state index contributed by atoms with van der Waals surface area (Å²) in [5.41, 5.74) is 3.83. The van der Waals surface area contributed by atoms with Gasteiger partial charge in [-0.2, -0.15) is 0 Å². The standard InChI is InChI=1S/C24H30N6O.HI/c1-4-25-24(27-14-13-26-23(31)20-12-8-9-18(2)15-20)30(3)17-22-28-16-21(29-22)19-10-6-5-7-11-19;/h5-12,15-16H,4,13-14,17H2,1-3H3,(H,25,27)(H,26,31)(H,28,29);1H. The molecule has 1 aromatic heterocycles. The SMILES string of the molecule is CCNC(=NCCNC(=O)c1cccc(C)c1)N(C)Cc1ncc(-c2ccccc2)[nH]1.I. The molecule has 0 atom stereocenters. The van der Waals surface area contributed by atoms with Crippen molar-refractivity contribution in [3.8, 4) is 11.3 Å². The van der Waals surface area contributed by atoms with E-state index in [1.54, 1.807) is 0 Å². The second-order valence-electron chi connectivity index (χ2n) is 7.33. The summed E-state index contributed by atoms with van der Waals surface area (Å²) in [7, 11) is 1.97. The summed E-state index contributed by atoms with van der Waals surface area (Å²) in [6, 6.07) is 17.7. The minimum Gasteiger partial charge on any atom is -0.357 e. The van der Waals surface area contributed by atoms with E-state index in [2.05, 4.69) is 37.7 Å². The minimum atomic E-state index is -0.0821. The fourth-order valence-corrected chi connectivity index (χ4v) is 3.20. The molecule has 0 unspecified atom stereocenters. The van der Waals surface area contributed by atoms with Crippen molar-refractivity contribution < 1.29 is 4.79 Å². The van der Waals surface area contributed by atoms with E-state index < -0.39 is 0 Å². The number of imidazole rings is 1. The summed E-state index contributed by atoms with van der Waals surface area (Å²) in [5, 5.41) is 6.21. The van der Waals surface area contributed by atoms with Crippen LogP contribution < -0.4 is 10.6 Å². The Hall–Kier alpha value is -2.88. The minimum absolute atomic E-state index is 0. The largest absolute Gasteiger partial charge is 0.357 e. The van der Waals surface area contributed by atoms with E-state index in [-0.39, 0.29) is 29.9 Å². The van der Waals surface area contributed by atoms with Gasteiger partial charge in [0.1, 0.15) is 5.82 Å². The lowest BCUT2D eigenvalue weighted by molar-refractivity contribution is 0.0954. The second-order valence-corrected chi connectivity index (χ2v) is 7.33. The number of aromatic nitrogens is 2. The Morgan fingerprint density at radius 3 is 2.62 bits per heavy atom. The van der Waals surface area contributed by atoms with Crippen LogP contribution in [0, 0.1) is 6.92 Å². The molecule has 0 aliphatic heterocycles. The van der Waals surface area contributed by atoms with Crippen LogP contribution in [0.2, 0.25) is 0 Å². The normalized spacial score (nSPS) is 10.9. The Balaban J connectivity index is 0.00000363. The zero-order chi connectivity index (χ0) is 22.1. The maximum Gasteiger partial charge on any atom is 0.251 e. The average Bonchev–Trinajstić information content (AvgIpc) is 3.24. The van der Waals surface area contributed by atoms with E-state index in [1.165, 1.54) is 0 Å². The summed E-state index contributed by atoms with van der Waals surface area (Å²) in [6.07, 6.45) is 1.85. The van der Waals surface area contributed by atoms with Crippen LogP contribution in [-0.2, 0) is 6.54 Å². The lowest BCUT2D eigenvalue weighted by Crippen LogP contribution is -2.39. The zero-order valence-corrected chi connectivity index (χ0v) is 21.1. The van der Waals surface area contributed by atoms with Crippen LogP contribution in [0.3, 0.4) is 0 Å². The number of hydrogen-bond acceptors (Lipinski definition) is 3. The summed E-state index contributed by atoms with van der Waals surface area (Å²) >= 11 is 0. The van der Waals surface area contributed by atoms with Crippen molar-refractivity contribution in [1.29, 1.82) is 0 Å². The monoisotopic (exact) mass is 546 g/mol. The van der Waals surface area contributed by atoms with Crippen molar-refractivity contribution >= 4 is 35.8 Å². The number of aryl methyl sites for hydroxylation is 1. The van der Waals surface area contributed by atoms with E-state index in [9.17, 15) is 4.79 Å². The van der Waals surface area contributed by atoms with Gasteiger partial charge in [0.05, 0.1) is 25.0 Å². The fourth-order valence-electron chi connectivity index (χ4n) is 3.20. The van der Waals surface area contributed by atoms with E-state index in [4.69, 9.17) is 0 Å². The molecule has 7 nitrogen and oxygen atoms in total. The lowest BCUT2D eigenvalue weighted by atomic mass is 10.1. The van der Waals surface area contributed by atoms with Gasteiger partial charge in [0, 0.05) is 25.7 Å². The number of aromatic amines is 1. The first-order valence-electron chi connectivity index (χ1n) is 10.5. The molecule has 0 aliphatic rings. The fraction of sp³-hybridized carbons (Fsp3) is 0.292. The number of aliphatic imine (C=N–C) groups is 1. The molecule has 0 radical (unpaired) electrons. The first kappa shape index (κ1) is 25.4. The van der Waals surface area contributed by atoms with Gasteiger partial charge in [-0.25, -0.2) is 4.98 Å². The van der Waals surface area contributed by atoms with Crippen LogP contribution in [0.15, 0.2) is 65.8 Å². The highest BCUT2D eigenvalue weighted by molar-refractivity contribution is 14.0. The third-order valence-corrected chi connectivity index (χ3v) is 4.74. The molecule has 32 heavy (non-hydrogen) atoms. The molecule has 3 rings (SSSR count). The molecule has 2 aromatic carbocycles. The number of halogens is 1. The molecule has 8 heteroatoms. The van der Waals surface area contributed by atoms with Crippen molar-refractivity contribution in [2.24, 2.45) is 4.99 Å². The summed E-state index contributed by atoms with van der Waals surface area (Å²) < 4.78 is 0. The van der Waals surface area contributed by atoms with Crippen LogP contribution in [0.25, 0.3) is 11.3 Å². The molecule has 0 aliphatic carbocycles. The van der Waals surface area contributed by atoms with Gasteiger partial charge < -0.3 is 20.5 Å². The molecule has 3 aromatic rings. The van der Waals surface area contributed by atoms with E-state index in [0.717, 1.165) is 35.1 Å². The number of nitrogens with zero attached hydrogens (tertiary/aromatic N) is 3. The van der Waals surface area contributed by atoms with Crippen LogP contribution in [0.1, 0.15) is 28.7 Å². The first-order chi connectivity index (χ1) is 15.1. The van der Waals surface area contributed by atoms with Gasteiger partial charge in [0.2, 0.25) is 0 Å². The Morgan fingerprint density at radius 1 is 1.12 bits per heavy atom. The number of nitrogens with one attached hydrogen (secondary N) is 3. The maximum atomic E-state index is 12.3. The molecule has 0 fully saturated rings. The quantitative estimate of drug-likeness (QED) is 0.174. The van der Waals surface area contributed by atoms with Crippen molar-refractivity contribution in [2.75, 3.05) is 26.7 Å². The summed E-state index contributed by atoms with van der Waals surface area (Å²) in [5.74, 6) is 1.55. The van der Waals surface area contributed by atoms with Crippen LogP contribution in [-0.4, -0.2) is 53.4 Å². The van der Waals surface area contributed by atoms with E-state index >= 15 is 0 Å². The van der Waals surface area contributed by atoms with Crippen molar-refractivity contribution in [1.82, 2.24) is 25.5 Å². The van der Waals surface area contributed by atoms with Crippen LogP contribution >= 0.6 is 24.0 Å². The number of benzene rings is 2. The number of carbonyl (C=O) groups excluding carboxylic acids is 1. The third-order valence-electron chi connectivity index (χ3n) is 4.74. The van der Waals surface area contributed by atoms with Gasteiger partial charge >= 0.3 is 0 Å². The summed E-state index contributed by atoms with van der Waals surface area (Å²) in [4.78, 5) is 26.8. The average molecular weight is 546 g/mol. The smallest absolute Gasteiger partial charge is 0.251 e. The van der Waals surface area contributed by atoms with Gasteiger partial charge in [0.15, 0.2) is 5.96 Å². The highest BCUT2D eigenvalue weighted by Gasteiger charge is 2.10. The van der Waals surface area contributed by atoms with Gasteiger partial charge in [0.25, 0.3) is 5.91 Å². The van der Waals surface area contributed by atoms with Crippen LogP contribution in [0.5, 0.6) is 0 Å². The second kappa shape index (κ2) is 12.8. The predicted molar refractivity (Wildman–Crippen MR) is 140 cm³/mol. The van der Waals surface area contributed by atoms with Crippen molar-refractivity contribution in [2.45, 2.75) is 20.4 Å². The molecule has 3 N–H and O–H groups in total. The Labute approximate surface area is 206 Å². The lowest BCUT2D eigenvalue weighted by Gasteiger charge is -2.21. The van der Waals surface area contributed by atoms with Gasteiger partial charge in [-0.1, -0.05) is 48.0 Å². The van der Waals surface area contributed by atoms with Gasteiger partial charge in [-0.15, -0.1) is 24.0 Å². The number of hydrogen-bond donors (Lipinski definition) is 3. The molecule has 170 valence electrons. The number of guanidine groups is 1. The Morgan fingerprint density at radius 2 is 1.91 bits per heavy atom. The molecular formula is C24H31IN6O. The molecule has 1 heterocycles. The van der Waals surface area contributed by atoms with Crippen LogP contribution in [0.4, 0.5) is 0 Å². The van der Waals surface area contributed by atoms with Crippen molar-refractivity contribution in [3.63, 3.8) is 0 Å². The number of rotatable bonds is 8. The maximum absolute atomic E-state index is 12.3. The Bertz CT molecular complexity index is 1020. The van der Waals surface area contributed by atoms with Crippen molar-refractivity contribution in [3.05, 3.63) is 77.7 Å². The number of carbonyl (C=O) groups is 1. The number of H-pyrrole nitrogens is 1. The van der Waals surface area contributed by atoms with Gasteiger partial charge in [-0.05, 0) is 31.5 Å². The molecule has 0 saturated heterocycles. The third kappa shape index (κ3) is 7.37. The van der Waals surface area contributed by atoms with E-state index in [0.29, 0.717) is 25.2 Å². The highest BCUT2D eigenvalue weighted by atomic mass is 127. The van der Waals surface area contributed by atoms with E-state index in [1.807, 2.05) is 74.5 Å². The highest BCUT2D eigenvalue weighted by Crippen LogP contribution is 2.16. The van der Waals surface area contributed by atoms with Gasteiger partial charge in [-0.3, -0.25) is 9.79 Å². The molecular weight excluding hydrogens is 515 g/mol. The predicted octanol–water partition coefficient (Wildman–Crippen LogP) is 3.83. The number of amides is 1. The molecule has 1 amide bonds.